The summed E-state index contributed by atoms with van der Waals surface area (Å²) in [6.45, 7) is 6.04. The molecule has 0 unspecified atom stereocenters. The lowest BCUT2D eigenvalue weighted by molar-refractivity contribution is -0.122. The van der Waals surface area contributed by atoms with Gasteiger partial charge < -0.3 is 4.52 Å². The van der Waals surface area contributed by atoms with E-state index in [0.29, 0.717) is 12.1 Å². The monoisotopic (exact) mass is 441 g/mol. The van der Waals surface area contributed by atoms with Crippen molar-refractivity contribution in [2.45, 2.75) is 48.4 Å². The Morgan fingerprint density at radius 3 is 2.17 bits per heavy atom. The van der Waals surface area contributed by atoms with Gasteiger partial charge in [-0.2, -0.15) is 4.31 Å². The molecule has 1 aliphatic rings. The maximum absolute atomic E-state index is 12.8. The fraction of sp³-hybridized carbons (Fsp3) is 0.444. The maximum atomic E-state index is 12.8. The van der Waals surface area contributed by atoms with Crippen molar-refractivity contribution >= 4 is 31.7 Å². The van der Waals surface area contributed by atoms with Crippen LogP contribution in [0.2, 0.25) is 0 Å². The molecule has 1 N–H and O–H groups in total. The number of hydrogen-bond donors (Lipinski definition) is 1. The summed E-state index contributed by atoms with van der Waals surface area (Å²) in [4.78, 5) is 12.5. The minimum Gasteiger partial charge on any atom is -0.338 e. The van der Waals surface area contributed by atoms with Crippen molar-refractivity contribution in [3.8, 4) is 0 Å². The molecule has 2 heterocycles. The van der Waals surface area contributed by atoms with Gasteiger partial charge in [-0.25, -0.2) is 16.8 Å². The van der Waals surface area contributed by atoms with Crippen LogP contribution in [0.3, 0.4) is 0 Å². The van der Waals surface area contributed by atoms with E-state index in [1.165, 1.54) is 24.3 Å². The standard InChI is InChI=1S/C18H23N3O6S2/c1-18(2,3)15-11-16(27-20-15)19-17(22)14-9-10-21(14)29(25,26)13-7-5-12(6-8-13)28(4,23)24/h5-8,11,14H,9-10H2,1-4H3,(H,19,22)/t14-/m0/s1. The Morgan fingerprint density at radius 2 is 1.72 bits per heavy atom. The van der Waals surface area contributed by atoms with Crippen molar-refractivity contribution in [1.29, 1.82) is 0 Å². The van der Waals surface area contributed by atoms with E-state index in [2.05, 4.69) is 10.5 Å². The van der Waals surface area contributed by atoms with Crippen LogP contribution in [0.1, 0.15) is 32.9 Å². The molecule has 9 nitrogen and oxygen atoms in total. The van der Waals surface area contributed by atoms with Crippen LogP contribution in [0.4, 0.5) is 5.88 Å². The Kier molecular flexibility index (Phi) is 5.35. The molecule has 0 saturated carbocycles. The molecule has 0 aliphatic carbocycles. The van der Waals surface area contributed by atoms with E-state index in [1.807, 2.05) is 20.8 Å². The second-order valence-corrected chi connectivity index (χ2v) is 11.9. The summed E-state index contributed by atoms with van der Waals surface area (Å²) in [7, 11) is -7.37. The predicted molar refractivity (Wildman–Crippen MR) is 106 cm³/mol. The number of benzene rings is 1. The molecule has 1 aliphatic heterocycles. The molecule has 0 spiro atoms. The van der Waals surface area contributed by atoms with Crippen LogP contribution < -0.4 is 5.32 Å². The zero-order valence-corrected chi connectivity index (χ0v) is 18.2. The fourth-order valence-electron chi connectivity index (χ4n) is 2.80. The van der Waals surface area contributed by atoms with Crippen molar-refractivity contribution in [1.82, 2.24) is 9.46 Å². The first-order chi connectivity index (χ1) is 13.3. The Hall–Kier alpha value is -2.24. The van der Waals surface area contributed by atoms with Crippen molar-refractivity contribution < 1.29 is 26.2 Å². The number of anilines is 1. The molecule has 1 amide bonds. The van der Waals surface area contributed by atoms with Gasteiger partial charge in [-0.1, -0.05) is 25.9 Å². The molecule has 2 aromatic rings. The van der Waals surface area contributed by atoms with Crippen molar-refractivity contribution in [3.05, 3.63) is 36.0 Å². The highest BCUT2D eigenvalue weighted by Crippen LogP contribution is 2.29. The minimum absolute atomic E-state index is 0.0225. The van der Waals surface area contributed by atoms with E-state index < -0.39 is 31.8 Å². The summed E-state index contributed by atoms with van der Waals surface area (Å²) in [5.74, 6) is -0.356. The molecule has 3 rings (SSSR count). The van der Waals surface area contributed by atoms with Crippen LogP contribution in [0.25, 0.3) is 0 Å². The topological polar surface area (TPSA) is 127 Å². The zero-order valence-electron chi connectivity index (χ0n) is 16.5. The highest BCUT2D eigenvalue weighted by Gasteiger charge is 2.43. The molecule has 1 aromatic heterocycles. The van der Waals surface area contributed by atoms with Gasteiger partial charge in [-0.05, 0) is 30.7 Å². The van der Waals surface area contributed by atoms with Gasteiger partial charge in [0.15, 0.2) is 9.84 Å². The lowest BCUT2D eigenvalue weighted by Crippen LogP contribution is -2.56. The van der Waals surface area contributed by atoms with Crippen LogP contribution in [0.15, 0.2) is 44.6 Å². The Morgan fingerprint density at radius 1 is 1.14 bits per heavy atom. The van der Waals surface area contributed by atoms with Crippen LogP contribution in [-0.2, 0) is 30.1 Å². The second-order valence-electron chi connectivity index (χ2n) is 7.98. The summed E-state index contributed by atoms with van der Waals surface area (Å²) in [5, 5.41) is 6.48. The average Bonchev–Trinajstić information content (AvgIpc) is 3.01. The van der Waals surface area contributed by atoms with Gasteiger partial charge in [0.1, 0.15) is 6.04 Å². The molecule has 1 aromatic carbocycles. The third-order valence-corrected chi connectivity index (χ3v) is 7.71. The van der Waals surface area contributed by atoms with E-state index in [1.54, 1.807) is 6.07 Å². The van der Waals surface area contributed by atoms with E-state index >= 15 is 0 Å². The highest BCUT2D eigenvalue weighted by molar-refractivity contribution is 7.90. The molecule has 1 fully saturated rings. The van der Waals surface area contributed by atoms with Crippen molar-refractivity contribution in [3.63, 3.8) is 0 Å². The summed E-state index contributed by atoms with van der Waals surface area (Å²) in [5.41, 5.74) is 0.410. The van der Waals surface area contributed by atoms with Crippen LogP contribution in [0.5, 0.6) is 0 Å². The smallest absolute Gasteiger partial charge is 0.245 e. The highest BCUT2D eigenvalue weighted by atomic mass is 32.2. The predicted octanol–water partition coefficient (Wildman–Crippen LogP) is 1.78. The molecule has 0 bridgehead atoms. The Bertz CT molecular complexity index is 1130. The largest absolute Gasteiger partial charge is 0.338 e. The third kappa shape index (κ3) is 4.36. The van der Waals surface area contributed by atoms with Gasteiger partial charge >= 0.3 is 0 Å². The van der Waals surface area contributed by atoms with Gasteiger partial charge in [0.25, 0.3) is 0 Å². The summed E-state index contributed by atoms with van der Waals surface area (Å²) in [6, 6.07) is 5.66. The van der Waals surface area contributed by atoms with Gasteiger partial charge in [0, 0.05) is 24.3 Å². The maximum Gasteiger partial charge on any atom is 0.245 e. The van der Waals surface area contributed by atoms with Crippen molar-refractivity contribution in [2.24, 2.45) is 0 Å². The summed E-state index contributed by atoms with van der Waals surface area (Å²) < 4.78 is 55.0. The minimum atomic E-state index is -3.94. The number of nitrogens with one attached hydrogen (secondary N) is 1. The van der Waals surface area contributed by atoms with E-state index in [-0.39, 0.29) is 27.6 Å². The lowest BCUT2D eigenvalue weighted by atomic mass is 9.92. The lowest BCUT2D eigenvalue weighted by Gasteiger charge is -2.38. The van der Waals surface area contributed by atoms with Gasteiger partial charge in [-0.15, -0.1) is 0 Å². The summed E-state index contributed by atoms with van der Waals surface area (Å²) in [6.07, 6.45) is 1.41. The van der Waals surface area contributed by atoms with E-state index in [4.69, 9.17) is 4.52 Å². The second kappa shape index (κ2) is 7.22. The first kappa shape index (κ1) is 21.5. The van der Waals surface area contributed by atoms with E-state index in [9.17, 15) is 21.6 Å². The van der Waals surface area contributed by atoms with Gasteiger partial charge in [-0.3, -0.25) is 10.1 Å². The number of aromatic nitrogens is 1. The number of hydrogen-bond acceptors (Lipinski definition) is 7. The molecule has 158 valence electrons. The first-order valence-electron chi connectivity index (χ1n) is 8.90. The number of sulfonamides is 1. The third-order valence-electron chi connectivity index (χ3n) is 4.66. The molecule has 29 heavy (non-hydrogen) atoms. The number of amides is 1. The molecule has 1 atom stereocenters. The van der Waals surface area contributed by atoms with Gasteiger partial charge in [0.2, 0.25) is 21.8 Å². The Labute approximate surface area is 170 Å². The molecular weight excluding hydrogens is 418 g/mol. The van der Waals surface area contributed by atoms with Crippen LogP contribution in [-0.4, -0.2) is 51.0 Å². The molecular formula is C18H23N3O6S2. The summed E-state index contributed by atoms with van der Waals surface area (Å²) >= 11 is 0. The fourth-order valence-corrected chi connectivity index (χ4v) is 5.06. The molecule has 1 saturated heterocycles. The van der Waals surface area contributed by atoms with E-state index in [0.717, 1.165) is 10.6 Å². The SMILES string of the molecule is CC(C)(C)c1cc(NC(=O)[C@@H]2CCN2S(=O)(=O)c2ccc(S(C)(=O)=O)cc2)on1. The number of sulfone groups is 1. The quantitative estimate of drug-likeness (QED) is 0.749. The normalized spacial score (nSPS) is 18.3. The van der Waals surface area contributed by atoms with Crippen LogP contribution in [0, 0.1) is 0 Å². The van der Waals surface area contributed by atoms with Crippen LogP contribution >= 0.6 is 0 Å². The number of carbonyl (C=O) groups excluding carboxylic acids is 1. The zero-order chi connectivity index (χ0) is 21.6. The van der Waals surface area contributed by atoms with Crippen molar-refractivity contribution in [2.75, 3.05) is 18.1 Å². The Balaban J connectivity index is 1.75. The molecule has 11 heteroatoms. The number of carbonyl (C=O) groups is 1. The van der Waals surface area contributed by atoms with Gasteiger partial charge in [0.05, 0.1) is 15.5 Å². The average molecular weight is 442 g/mol. The number of nitrogens with zero attached hydrogens (tertiary/aromatic N) is 2. The molecule has 0 radical (unpaired) electrons. The first-order valence-corrected chi connectivity index (χ1v) is 12.2. The number of rotatable bonds is 5.